The zero-order valence-corrected chi connectivity index (χ0v) is 14.3. The van der Waals surface area contributed by atoms with Crippen molar-refractivity contribution in [3.63, 3.8) is 0 Å². The molecule has 0 fully saturated rings. The summed E-state index contributed by atoms with van der Waals surface area (Å²) in [5, 5.41) is 0. The third-order valence-corrected chi connectivity index (χ3v) is 3.99. The van der Waals surface area contributed by atoms with Gasteiger partial charge in [0.05, 0.1) is 18.4 Å². The molecule has 0 radical (unpaired) electrons. The summed E-state index contributed by atoms with van der Waals surface area (Å²) in [4.78, 5) is 36.5. The molecule has 0 saturated heterocycles. The largest absolute Gasteiger partial charge is 0.466 e. The maximum atomic E-state index is 12.9. The van der Waals surface area contributed by atoms with E-state index in [-0.39, 0.29) is 5.91 Å². The van der Waals surface area contributed by atoms with Crippen LogP contribution in [0, 0.1) is 0 Å². The Kier molecular flexibility index (Phi) is 4.47. The van der Waals surface area contributed by atoms with Crippen LogP contribution in [0.5, 0.6) is 0 Å². The number of fused-ring (bicyclic) bond motifs is 2. The summed E-state index contributed by atoms with van der Waals surface area (Å²) < 4.78 is 4.58. The second-order valence-electron chi connectivity index (χ2n) is 5.45. The number of nitrogens with zero attached hydrogens (tertiary/aromatic N) is 4. The van der Waals surface area contributed by atoms with Gasteiger partial charge in [-0.1, -0.05) is 0 Å². The summed E-state index contributed by atoms with van der Waals surface area (Å²) in [6.07, 6.45) is 6.17. The monoisotopic (exact) mass is 338 g/mol. The fourth-order valence-corrected chi connectivity index (χ4v) is 2.72. The van der Waals surface area contributed by atoms with Crippen LogP contribution < -0.4 is 9.80 Å². The Morgan fingerprint density at radius 1 is 1.32 bits per heavy atom. The third kappa shape index (κ3) is 2.96. The van der Waals surface area contributed by atoms with Gasteiger partial charge in [-0.25, -0.2) is 14.8 Å². The van der Waals surface area contributed by atoms with Gasteiger partial charge in [-0.3, -0.25) is 4.79 Å². The second kappa shape index (κ2) is 6.72. The molecule has 0 unspecified atom stereocenters. The average molecular weight is 338 g/mol. The lowest BCUT2D eigenvalue weighted by Gasteiger charge is -2.22. The van der Waals surface area contributed by atoms with Crippen molar-refractivity contribution >= 4 is 35.3 Å². The van der Waals surface area contributed by atoms with E-state index in [1.807, 2.05) is 17.9 Å². The Morgan fingerprint density at radius 3 is 2.84 bits per heavy atom. The summed E-state index contributed by atoms with van der Waals surface area (Å²) in [7, 11) is 3.02. The topological polar surface area (TPSA) is 75.6 Å². The normalized spacial score (nSPS) is 13.5. The minimum Gasteiger partial charge on any atom is -0.466 e. The lowest BCUT2D eigenvalue weighted by Crippen LogP contribution is -2.25. The first-order valence-corrected chi connectivity index (χ1v) is 7.83. The van der Waals surface area contributed by atoms with Crippen LogP contribution in [0.1, 0.15) is 22.8 Å². The van der Waals surface area contributed by atoms with Crippen LogP contribution in [0.15, 0.2) is 36.7 Å². The number of aromatic nitrogens is 2. The summed E-state index contributed by atoms with van der Waals surface area (Å²) in [5.74, 6) is 0.586. The number of amides is 1. The molecule has 0 aromatic carbocycles. The van der Waals surface area contributed by atoms with Crippen molar-refractivity contribution in [1.82, 2.24) is 9.97 Å². The van der Waals surface area contributed by atoms with Crippen LogP contribution in [0.2, 0.25) is 0 Å². The number of methoxy groups -OCH3 is 1. The Balaban J connectivity index is 2.13. The van der Waals surface area contributed by atoms with Gasteiger partial charge in [0.1, 0.15) is 5.82 Å². The molecule has 3 rings (SSSR count). The summed E-state index contributed by atoms with van der Waals surface area (Å²) in [5.41, 5.74) is 1.81. The van der Waals surface area contributed by atoms with Crippen LogP contribution in [0.3, 0.4) is 0 Å². The maximum Gasteiger partial charge on any atom is 0.330 e. The minimum absolute atomic E-state index is 0.180. The van der Waals surface area contributed by atoms with E-state index < -0.39 is 5.97 Å². The van der Waals surface area contributed by atoms with Crippen molar-refractivity contribution in [1.29, 1.82) is 0 Å². The zero-order valence-electron chi connectivity index (χ0n) is 14.3. The van der Waals surface area contributed by atoms with E-state index in [1.165, 1.54) is 13.2 Å². The van der Waals surface area contributed by atoms with E-state index in [4.69, 9.17) is 0 Å². The van der Waals surface area contributed by atoms with Gasteiger partial charge in [0.2, 0.25) is 0 Å². The highest BCUT2D eigenvalue weighted by Crippen LogP contribution is 2.37. The van der Waals surface area contributed by atoms with E-state index in [0.29, 0.717) is 29.3 Å². The number of carbonyl (C=O) groups is 2. The fourth-order valence-electron chi connectivity index (χ4n) is 2.72. The molecule has 7 nitrogen and oxygen atoms in total. The molecule has 1 aliphatic heterocycles. The van der Waals surface area contributed by atoms with E-state index >= 15 is 0 Å². The molecule has 0 bridgehead atoms. The molecule has 1 amide bonds. The van der Waals surface area contributed by atoms with E-state index in [9.17, 15) is 9.59 Å². The molecule has 7 heteroatoms. The van der Waals surface area contributed by atoms with Crippen molar-refractivity contribution in [2.45, 2.75) is 6.92 Å². The number of esters is 1. The highest BCUT2D eigenvalue weighted by molar-refractivity contribution is 6.12. The standard InChI is InChI=1S/C18H18N4O3/c1-4-22-16-13(10-12(11-20-16)7-8-15(23)25-3)18(24)21(2)14-6-5-9-19-17(14)22/h5-11H,4H2,1-3H3/b8-7+. The second-order valence-corrected chi connectivity index (χ2v) is 5.45. The molecule has 0 atom stereocenters. The number of pyridine rings is 2. The molecule has 0 aliphatic carbocycles. The van der Waals surface area contributed by atoms with Crippen molar-refractivity contribution in [2.75, 3.05) is 30.5 Å². The zero-order chi connectivity index (χ0) is 18.0. The number of hydrogen-bond donors (Lipinski definition) is 0. The SMILES string of the molecule is CCN1c2ncc(/C=C/C(=O)OC)cc2C(=O)N(C)c2cccnc21. The van der Waals surface area contributed by atoms with Crippen molar-refractivity contribution in [3.8, 4) is 0 Å². The smallest absolute Gasteiger partial charge is 0.330 e. The van der Waals surface area contributed by atoms with Crippen LogP contribution >= 0.6 is 0 Å². The van der Waals surface area contributed by atoms with Gasteiger partial charge in [0.15, 0.2) is 5.82 Å². The quantitative estimate of drug-likeness (QED) is 0.632. The highest BCUT2D eigenvalue weighted by Gasteiger charge is 2.30. The number of hydrogen-bond acceptors (Lipinski definition) is 6. The number of ether oxygens (including phenoxy) is 1. The number of rotatable bonds is 3. The molecule has 2 aromatic rings. The molecule has 0 saturated carbocycles. The lowest BCUT2D eigenvalue weighted by molar-refractivity contribution is -0.134. The van der Waals surface area contributed by atoms with Gasteiger partial charge in [0.25, 0.3) is 5.91 Å². The average Bonchev–Trinajstić information content (AvgIpc) is 2.74. The van der Waals surface area contributed by atoms with Crippen molar-refractivity contribution < 1.29 is 14.3 Å². The minimum atomic E-state index is -0.467. The first-order valence-electron chi connectivity index (χ1n) is 7.83. The summed E-state index contributed by atoms with van der Waals surface area (Å²) >= 11 is 0. The van der Waals surface area contributed by atoms with Gasteiger partial charge >= 0.3 is 5.97 Å². The Hall–Kier alpha value is -3.22. The molecule has 0 N–H and O–H groups in total. The van der Waals surface area contributed by atoms with E-state index in [2.05, 4.69) is 14.7 Å². The van der Waals surface area contributed by atoms with Gasteiger partial charge in [0, 0.05) is 32.1 Å². The Labute approximate surface area is 145 Å². The van der Waals surface area contributed by atoms with E-state index in [0.717, 1.165) is 5.69 Å². The molecule has 128 valence electrons. The molecule has 0 spiro atoms. The molecule has 3 heterocycles. The van der Waals surface area contributed by atoms with Gasteiger partial charge in [-0.15, -0.1) is 0 Å². The van der Waals surface area contributed by atoms with Crippen molar-refractivity contribution in [2.24, 2.45) is 0 Å². The molecule has 25 heavy (non-hydrogen) atoms. The molecular formula is C18H18N4O3. The first kappa shape index (κ1) is 16.6. The van der Waals surface area contributed by atoms with Gasteiger partial charge < -0.3 is 14.5 Å². The number of carbonyl (C=O) groups excluding carboxylic acids is 2. The van der Waals surface area contributed by atoms with Crippen LogP contribution in [0.4, 0.5) is 17.3 Å². The van der Waals surface area contributed by atoms with Crippen LogP contribution in [-0.4, -0.2) is 42.5 Å². The number of anilines is 3. The fraction of sp³-hybridized carbons (Fsp3) is 0.222. The molecule has 1 aliphatic rings. The molecular weight excluding hydrogens is 320 g/mol. The maximum absolute atomic E-state index is 12.9. The molecule has 2 aromatic heterocycles. The van der Waals surface area contributed by atoms with Gasteiger partial charge in [-0.05, 0) is 36.8 Å². The van der Waals surface area contributed by atoms with E-state index in [1.54, 1.807) is 42.6 Å². The predicted octanol–water partition coefficient (Wildman–Crippen LogP) is 2.41. The third-order valence-electron chi connectivity index (χ3n) is 3.99. The van der Waals surface area contributed by atoms with Crippen LogP contribution in [-0.2, 0) is 9.53 Å². The first-order chi connectivity index (χ1) is 12.1. The lowest BCUT2D eigenvalue weighted by atomic mass is 10.1. The van der Waals surface area contributed by atoms with Crippen LogP contribution in [0.25, 0.3) is 6.08 Å². The highest BCUT2D eigenvalue weighted by atomic mass is 16.5. The predicted molar refractivity (Wildman–Crippen MR) is 94.9 cm³/mol. The Bertz CT molecular complexity index is 863. The Morgan fingerprint density at radius 2 is 2.12 bits per heavy atom. The van der Waals surface area contributed by atoms with Gasteiger partial charge in [-0.2, -0.15) is 0 Å². The van der Waals surface area contributed by atoms with Crippen molar-refractivity contribution in [3.05, 3.63) is 47.8 Å². The summed E-state index contributed by atoms with van der Waals surface area (Å²) in [6, 6.07) is 5.37. The summed E-state index contributed by atoms with van der Waals surface area (Å²) in [6.45, 7) is 2.59.